The van der Waals surface area contributed by atoms with Crippen LogP contribution < -0.4 is 5.90 Å². The number of halogens is 1. The van der Waals surface area contributed by atoms with Gasteiger partial charge in [-0.15, -0.1) is 0 Å². The van der Waals surface area contributed by atoms with Crippen LogP contribution in [0, 0.1) is 0 Å². The monoisotopic (exact) mass is 185 g/mol. The molecule has 0 spiro atoms. The fourth-order valence-electron chi connectivity index (χ4n) is 1.10. The molecule has 0 heterocycles. The van der Waals surface area contributed by atoms with Crippen molar-refractivity contribution >= 4 is 11.6 Å². The highest BCUT2D eigenvalue weighted by Gasteiger charge is 1.97. The summed E-state index contributed by atoms with van der Waals surface area (Å²) in [6, 6.07) is 5.84. The van der Waals surface area contributed by atoms with Gasteiger partial charge in [0.15, 0.2) is 0 Å². The zero-order chi connectivity index (χ0) is 8.97. The van der Waals surface area contributed by atoms with Crippen LogP contribution in [0.4, 0.5) is 0 Å². The SMILES string of the molecule is CCc1cc(Cl)cc(CON)c1. The van der Waals surface area contributed by atoms with Gasteiger partial charge in [0.2, 0.25) is 0 Å². The molecular weight excluding hydrogens is 174 g/mol. The molecular formula is C9H12ClNO. The largest absolute Gasteiger partial charge is 0.300 e. The molecule has 3 heteroatoms. The minimum Gasteiger partial charge on any atom is -0.300 e. The Morgan fingerprint density at radius 3 is 2.58 bits per heavy atom. The second-order valence-corrected chi connectivity index (χ2v) is 3.07. The maximum absolute atomic E-state index is 5.87. The van der Waals surface area contributed by atoms with Crippen LogP contribution >= 0.6 is 11.6 Å². The van der Waals surface area contributed by atoms with E-state index >= 15 is 0 Å². The van der Waals surface area contributed by atoms with Gasteiger partial charge in [-0.3, -0.25) is 4.84 Å². The predicted octanol–water partition coefficient (Wildman–Crippen LogP) is 2.29. The minimum atomic E-state index is 0.410. The first kappa shape index (κ1) is 9.52. The Morgan fingerprint density at radius 2 is 2.00 bits per heavy atom. The summed E-state index contributed by atoms with van der Waals surface area (Å²) in [4.78, 5) is 4.52. The normalized spacial score (nSPS) is 10.2. The summed E-state index contributed by atoms with van der Waals surface area (Å²) in [5, 5.41) is 0.737. The highest BCUT2D eigenvalue weighted by Crippen LogP contribution is 2.15. The average Bonchev–Trinajstić information content (AvgIpc) is 2.04. The van der Waals surface area contributed by atoms with Gasteiger partial charge in [0.25, 0.3) is 0 Å². The first-order chi connectivity index (χ1) is 5.76. The molecule has 0 unspecified atom stereocenters. The molecule has 0 fully saturated rings. The Balaban J connectivity index is 2.90. The Labute approximate surface area is 77.2 Å². The third kappa shape index (κ3) is 2.48. The number of benzene rings is 1. The second-order valence-electron chi connectivity index (χ2n) is 2.63. The van der Waals surface area contributed by atoms with E-state index in [1.807, 2.05) is 18.2 Å². The first-order valence-electron chi connectivity index (χ1n) is 3.86. The molecule has 12 heavy (non-hydrogen) atoms. The molecule has 1 rings (SSSR count). The maximum atomic E-state index is 5.87. The van der Waals surface area contributed by atoms with E-state index in [0.717, 1.165) is 17.0 Å². The number of nitrogens with two attached hydrogens (primary N) is 1. The smallest absolute Gasteiger partial charge is 0.0930 e. The number of hydrogen-bond acceptors (Lipinski definition) is 2. The van der Waals surface area contributed by atoms with Gasteiger partial charge in [0, 0.05) is 5.02 Å². The van der Waals surface area contributed by atoms with Gasteiger partial charge < -0.3 is 0 Å². The summed E-state index contributed by atoms with van der Waals surface area (Å²) < 4.78 is 0. The zero-order valence-corrected chi connectivity index (χ0v) is 7.77. The summed E-state index contributed by atoms with van der Waals surface area (Å²) in [5.41, 5.74) is 2.22. The lowest BCUT2D eigenvalue weighted by molar-refractivity contribution is 0.124. The fourth-order valence-corrected chi connectivity index (χ4v) is 1.38. The van der Waals surface area contributed by atoms with Crippen molar-refractivity contribution in [2.45, 2.75) is 20.0 Å². The molecule has 1 aromatic rings. The van der Waals surface area contributed by atoms with Gasteiger partial charge in [0.05, 0.1) is 6.61 Å². The van der Waals surface area contributed by atoms with Crippen LogP contribution in [0.15, 0.2) is 18.2 Å². The van der Waals surface area contributed by atoms with Gasteiger partial charge in [-0.05, 0) is 29.7 Å². The highest BCUT2D eigenvalue weighted by molar-refractivity contribution is 6.30. The van der Waals surface area contributed by atoms with Crippen LogP contribution in [-0.2, 0) is 17.9 Å². The summed E-state index contributed by atoms with van der Waals surface area (Å²) in [6.07, 6.45) is 0.970. The summed E-state index contributed by atoms with van der Waals surface area (Å²) in [7, 11) is 0. The van der Waals surface area contributed by atoms with E-state index in [0.29, 0.717) is 6.61 Å². The Hall–Kier alpha value is -0.570. The van der Waals surface area contributed by atoms with Gasteiger partial charge in [0.1, 0.15) is 0 Å². The van der Waals surface area contributed by atoms with Crippen molar-refractivity contribution in [2.24, 2.45) is 5.90 Å². The lowest BCUT2D eigenvalue weighted by atomic mass is 10.1. The molecule has 0 atom stereocenters. The standard InChI is InChI=1S/C9H12ClNO/c1-2-7-3-8(6-12-11)5-9(10)4-7/h3-5H,2,6,11H2,1H3. The molecule has 1 aromatic carbocycles. The summed E-state index contributed by atoms with van der Waals surface area (Å²) in [5.74, 6) is 4.96. The summed E-state index contributed by atoms with van der Waals surface area (Å²) in [6.45, 7) is 2.49. The molecule has 0 bridgehead atoms. The lowest BCUT2D eigenvalue weighted by Gasteiger charge is -2.03. The predicted molar refractivity (Wildman–Crippen MR) is 49.8 cm³/mol. The Morgan fingerprint density at radius 1 is 1.33 bits per heavy atom. The van der Waals surface area contributed by atoms with Crippen molar-refractivity contribution in [3.05, 3.63) is 34.3 Å². The molecule has 0 saturated heterocycles. The molecule has 0 aliphatic rings. The van der Waals surface area contributed by atoms with Gasteiger partial charge in [-0.25, -0.2) is 5.90 Å². The molecule has 0 amide bonds. The van der Waals surface area contributed by atoms with E-state index in [4.69, 9.17) is 17.5 Å². The van der Waals surface area contributed by atoms with Crippen molar-refractivity contribution in [1.29, 1.82) is 0 Å². The Bertz CT molecular complexity index is 263. The van der Waals surface area contributed by atoms with Crippen LogP contribution in [0.3, 0.4) is 0 Å². The van der Waals surface area contributed by atoms with Crippen LogP contribution in [0.1, 0.15) is 18.1 Å². The van der Waals surface area contributed by atoms with Crippen LogP contribution in [0.25, 0.3) is 0 Å². The number of rotatable bonds is 3. The van der Waals surface area contributed by atoms with Gasteiger partial charge >= 0.3 is 0 Å². The van der Waals surface area contributed by atoms with E-state index in [1.54, 1.807) is 0 Å². The lowest BCUT2D eigenvalue weighted by Crippen LogP contribution is -1.99. The Kier molecular flexibility index (Phi) is 3.53. The molecule has 2 N–H and O–H groups in total. The van der Waals surface area contributed by atoms with Crippen molar-refractivity contribution in [2.75, 3.05) is 0 Å². The maximum Gasteiger partial charge on any atom is 0.0930 e. The van der Waals surface area contributed by atoms with E-state index < -0.39 is 0 Å². The molecule has 0 aromatic heterocycles. The number of hydrogen-bond donors (Lipinski definition) is 1. The third-order valence-electron chi connectivity index (χ3n) is 1.68. The fraction of sp³-hybridized carbons (Fsp3) is 0.333. The van der Waals surface area contributed by atoms with E-state index in [2.05, 4.69) is 11.8 Å². The van der Waals surface area contributed by atoms with Crippen LogP contribution in [0.2, 0.25) is 5.02 Å². The van der Waals surface area contributed by atoms with Crippen molar-refractivity contribution in [3.8, 4) is 0 Å². The molecule has 0 aliphatic heterocycles. The third-order valence-corrected chi connectivity index (χ3v) is 1.89. The van der Waals surface area contributed by atoms with E-state index in [-0.39, 0.29) is 0 Å². The van der Waals surface area contributed by atoms with Crippen LogP contribution in [0.5, 0.6) is 0 Å². The van der Waals surface area contributed by atoms with Crippen LogP contribution in [-0.4, -0.2) is 0 Å². The second kappa shape index (κ2) is 4.45. The van der Waals surface area contributed by atoms with Crippen molar-refractivity contribution in [1.82, 2.24) is 0 Å². The molecule has 2 nitrogen and oxygen atoms in total. The number of aryl methyl sites for hydroxylation is 1. The highest BCUT2D eigenvalue weighted by atomic mass is 35.5. The quantitative estimate of drug-likeness (QED) is 0.734. The van der Waals surface area contributed by atoms with E-state index in [1.165, 1.54) is 5.56 Å². The minimum absolute atomic E-state index is 0.410. The summed E-state index contributed by atoms with van der Waals surface area (Å²) >= 11 is 5.87. The topological polar surface area (TPSA) is 35.2 Å². The zero-order valence-electron chi connectivity index (χ0n) is 7.01. The molecule has 0 saturated carbocycles. The molecule has 66 valence electrons. The first-order valence-corrected chi connectivity index (χ1v) is 4.24. The van der Waals surface area contributed by atoms with Gasteiger partial charge in [-0.2, -0.15) is 0 Å². The molecule has 0 aliphatic carbocycles. The molecule has 0 radical (unpaired) electrons. The van der Waals surface area contributed by atoms with Crippen molar-refractivity contribution < 1.29 is 4.84 Å². The average molecular weight is 186 g/mol. The van der Waals surface area contributed by atoms with Gasteiger partial charge in [-0.1, -0.05) is 24.6 Å². The van der Waals surface area contributed by atoms with Crippen molar-refractivity contribution in [3.63, 3.8) is 0 Å². The van der Waals surface area contributed by atoms with E-state index in [9.17, 15) is 0 Å².